The molecule has 0 bridgehead atoms. The molecular formula is C28H30F2N4O. The fourth-order valence-corrected chi connectivity index (χ4v) is 4.92. The molecule has 0 unspecified atom stereocenters. The summed E-state index contributed by atoms with van der Waals surface area (Å²) >= 11 is 0. The Kier molecular flexibility index (Phi) is 6.28. The number of nitrogens with zero attached hydrogens (tertiary/aromatic N) is 4. The third kappa shape index (κ3) is 4.65. The maximum absolute atomic E-state index is 14.9. The van der Waals surface area contributed by atoms with E-state index < -0.39 is 11.6 Å². The number of anilines is 1. The van der Waals surface area contributed by atoms with Gasteiger partial charge in [-0.1, -0.05) is 24.3 Å². The van der Waals surface area contributed by atoms with Gasteiger partial charge < -0.3 is 14.5 Å². The molecule has 1 aliphatic carbocycles. The molecule has 0 radical (unpaired) electrons. The summed E-state index contributed by atoms with van der Waals surface area (Å²) < 4.78 is 35.4. The van der Waals surface area contributed by atoms with Crippen molar-refractivity contribution in [3.63, 3.8) is 0 Å². The topological polar surface area (TPSA) is 41.5 Å². The van der Waals surface area contributed by atoms with E-state index in [0.717, 1.165) is 18.5 Å². The molecule has 0 saturated heterocycles. The number of benzene rings is 2. The average molecular weight is 477 g/mol. The van der Waals surface area contributed by atoms with Crippen molar-refractivity contribution in [3.05, 3.63) is 76.8 Å². The molecule has 0 fully saturated rings. The quantitative estimate of drug-likeness (QED) is 0.494. The third-order valence-corrected chi connectivity index (χ3v) is 6.54. The van der Waals surface area contributed by atoms with Crippen molar-refractivity contribution in [1.29, 1.82) is 0 Å². The predicted molar refractivity (Wildman–Crippen MR) is 135 cm³/mol. The van der Waals surface area contributed by atoms with Crippen molar-refractivity contribution in [3.8, 4) is 17.0 Å². The number of ether oxygens (including phenoxy) is 1. The SMILES string of the molecule is CC(C)N1CCOc2c(F)cc(-c3nc(Cc4ccc5c(c4)CC=C5CN(C)C)ncc3F)cc21. The number of fused-ring (bicyclic) bond motifs is 2. The van der Waals surface area contributed by atoms with E-state index in [2.05, 4.69) is 58.1 Å². The van der Waals surface area contributed by atoms with E-state index in [1.165, 1.54) is 29.0 Å². The lowest BCUT2D eigenvalue weighted by Crippen LogP contribution is -2.38. The molecule has 0 amide bonds. The summed E-state index contributed by atoms with van der Waals surface area (Å²) in [5.74, 6) is -0.380. The number of hydrogen-bond acceptors (Lipinski definition) is 5. The average Bonchev–Trinajstić information content (AvgIpc) is 3.21. The summed E-state index contributed by atoms with van der Waals surface area (Å²) in [6, 6.07) is 9.63. The van der Waals surface area contributed by atoms with Gasteiger partial charge in [0, 0.05) is 24.6 Å². The van der Waals surface area contributed by atoms with Gasteiger partial charge in [0.15, 0.2) is 17.4 Å². The Morgan fingerprint density at radius 2 is 1.94 bits per heavy atom. The van der Waals surface area contributed by atoms with Crippen molar-refractivity contribution in [2.75, 3.05) is 38.7 Å². The van der Waals surface area contributed by atoms with Gasteiger partial charge in [-0.3, -0.25) is 0 Å². The van der Waals surface area contributed by atoms with E-state index in [-0.39, 0.29) is 17.5 Å². The first-order valence-corrected chi connectivity index (χ1v) is 12.0. The molecule has 0 saturated carbocycles. The summed E-state index contributed by atoms with van der Waals surface area (Å²) in [5, 5.41) is 0. The Morgan fingerprint density at radius 3 is 2.71 bits per heavy atom. The zero-order valence-corrected chi connectivity index (χ0v) is 20.6. The van der Waals surface area contributed by atoms with Gasteiger partial charge in [-0.25, -0.2) is 18.7 Å². The van der Waals surface area contributed by atoms with Crippen LogP contribution in [0.5, 0.6) is 5.75 Å². The van der Waals surface area contributed by atoms with Gasteiger partial charge in [0.2, 0.25) is 0 Å². The largest absolute Gasteiger partial charge is 0.486 e. The monoisotopic (exact) mass is 476 g/mol. The molecule has 0 N–H and O–H groups in total. The Hall–Kier alpha value is -3.32. The van der Waals surface area contributed by atoms with Crippen LogP contribution in [0.15, 0.2) is 42.6 Å². The second kappa shape index (κ2) is 9.38. The van der Waals surface area contributed by atoms with E-state index in [9.17, 15) is 8.78 Å². The van der Waals surface area contributed by atoms with Gasteiger partial charge in [-0.15, -0.1) is 0 Å². The van der Waals surface area contributed by atoms with Crippen LogP contribution < -0.4 is 9.64 Å². The third-order valence-electron chi connectivity index (χ3n) is 6.54. The molecule has 1 aromatic heterocycles. The van der Waals surface area contributed by atoms with Gasteiger partial charge in [-0.2, -0.15) is 0 Å². The van der Waals surface area contributed by atoms with Crippen molar-refractivity contribution in [1.82, 2.24) is 14.9 Å². The lowest BCUT2D eigenvalue weighted by atomic mass is 10.0. The van der Waals surface area contributed by atoms with Gasteiger partial charge >= 0.3 is 0 Å². The highest BCUT2D eigenvalue weighted by atomic mass is 19.1. The number of rotatable bonds is 6. The zero-order chi connectivity index (χ0) is 24.7. The van der Waals surface area contributed by atoms with E-state index in [0.29, 0.717) is 36.6 Å². The number of halogens is 2. The smallest absolute Gasteiger partial charge is 0.178 e. The van der Waals surface area contributed by atoms with Gasteiger partial charge in [0.1, 0.15) is 18.1 Å². The van der Waals surface area contributed by atoms with Gasteiger partial charge in [0.25, 0.3) is 0 Å². The van der Waals surface area contributed by atoms with Crippen LogP contribution >= 0.6 is 0 Å². The van der Waals surface area contributed by atoms with Crippen molar-refractivity contribution in [2.45, 2.75) is 32.7 Å². The van der Waals surface area contributed by atoms with Crippen molar-refractivity contribution in [2.24, 2.45) is 0 Å². The summed E-state index contributed by atoms with van der Waals surface area (Å²) in [6.07, 6.45) is 4.83. The Morgan fingerprint density at radius 1 is 1.11 bits per heavy atom. The fraction of sp³-hybridized carbons (Fsp3) is 0.357. The zero-order valence-electron chi connectivity index (χ0n) is 20.6. The molecule has 0 spiro atoms. The standard InChI is InChI=1S/C28H30F2N4O/c1-17(2)34-9-10-35-28-23(29)13-21(14-25(28)34)27-24(30)15-31-26(32-27)12-18-5-8-22-19(11-18)6-7-20(22)16-33(3)4/h5,7-8,11,13-15,17H,6,9-10,12,16H2,1-4H3. The second-order valence-electron chi connectivity index (χ2n) is 9.76. The molecule has 2 aromatic carbocycles. The molecule has 3 aromatic rings. The molecule has 2 aliphatic rings. The summed E-state index contributed by atoms with van der Waals surface area (Å²) in [4.78, 5) is 13.0. The first-order chi connectivity index (χ1) is 16.8. The molecule has 5 rings (SSSR count). The number of allylic oxidation sites excluding steroid dienone is 1. The maximum atomic E-state index is 14.9. The summed E-state index contributed by atoms with van der Waals surface area (Å²) in [7, 11) is 4.14. The van der Waals surface area contributed by atoms with Crippen LogP contribution in [0.3, 0.4) is 0 Å². The van der Waals surface area contributed by atoms with Crippen molar-refractivity contribution < 1.29 is 13.5 Å². The van der Waals surface area contributed by atoms with Crippen LogP contribution in [0.1, 0.15) is 36.4 Å². The lowest BCUT2D eigenvalue weighted by Gasteiger charge is -2.34. The highest BCUT2D eigenvalue weighted by molar-refractivity contribution is 5.75. The predicted octanol–water partition coefficient (Wildman–Crippen LogP) is 5.12. The van der Waals surface area contributed by atoms with Crippen LogP contribution in [-0.4, -0.2) is 54.7 Å². The molecular weight excluding hydrogens is 446 g/mol. The molecule has 1 aliphatic heterocycles. The van der Waals surface area contributed by atoms with Crippen LogP contribution in [-0.2, 0) is 12.8 Å². The van der Waals surface area contributed by atoms with Crippen molar-refractivity contribution >= 4 is 11.3 Å². The molecule has 2 heterocycles. The van der Waals surface area contributed by atoms with E-state index >= 15 is 0 Å². The molecule has 0 atom stereocenters. The minimum Gasteiger partial charge on any atom is -0.486 e. The minimum absolute atomic E-state index is 0.0991. The molecule has 182 valence electrons. The van der Waals surface area contributed by atoms with Gasteiger partial charge in [0.05, 0.1) is 18.4 Å². The van der Waals surface area contributed by atoms with Crippen LogP contribution in [0.4, 0.5) is 14.5 Å². The van der Waals surface area contributed by atoms with Crippen LogP contribution in [0, 0.1) is 11.6 Å². The van der Waals surface area contributed by atoms with E-state index in [4.69, 9.17) is 4.74 Å². The molecule has 35 heavy (non-hydrogen) atoms. The van der Waals surface area contributed by atoms with Crippen LogP contribution in [0.2, 0.25) is 0 Å². The minimum atomic E-state index is -0.576. The highest BCUT2D eigenvalue weighted by Gasteiger charge is 2.26. The fourth-order valence-electron chi connectivity index (χ4n) is 4.92. The Bertz CT molecular complexity index is 1300. The first-order valence-electron chi connectivity index (χ1n) is 12.0. The Balaban J connectivity index is 1.44. The maximum Gasteiger partial charge on any atom is 0.178 e. The molecule has 5 nitrogen and oxygen atoms in total. The van der Waals surface area contributed by atoms with E-state index in [1.54, 1.807) is 6.07 Å². The number of likely N-dealkylation sites (N-methyl/N-ethyl adjacent to an activating group) is 1. The van der Waals surface area contributed by atoms with Crippen LogP contribution in [0.25, 0.3) is 16.8 Å². The molecule has 7 heteroatoms. The highest BCUT2D eigenvalue weighted by Crippen LogP contribution is 2.39. The van der Waals surface area contributed by atoms with E-state index in [1.807, 2.05) is 13.8 Å². The Labute approximate surface area is 205 Å². The summed E-state index contributed by atoms with van der Waals surface area (Å²) in [5.41, 5.74) is 6.08. The first kappa shape index (κ1) is 23.4. The van der Waals surface area contributed by atoms with Gasteiger partial charge in [-0.05, 0) is 68.8 Å². The lowest BCUT2D eigenvalue weighted by molar-refractivity contribution is 0.287. The normalized spacial score (nSPS) is 14.7. The summed E-state index contributed by atoms with van der Waals surface area (Å²) in [6.45, 7) is 6.06. The number of aromatic nitrogens is 2. The number of hydrogen-bond donors (Lipinski definition) is 0. The second-order valence-corrected chi connectivity index (χ2v) is 9.76.